The van der Waals surface area contributed by atoms with E-state index >= 15 is 0 Å². The molecule has 0 aliphatic rings. The Kier molecular flexibility index (Phi) is 5.43. The van der Waals surface area contributed by atoms with Crippen molar-refractivity contribution >= 4 is 31.9 Å². The van der Waals surface area contributed by atoms with Gasteiger partial charge in [-0.3, -0.25) is 4.90 Å². The number of hydrogen-bond acceptors (Lipinski definition) is 4. The fourth-order valence-electron chi connectivity index (χ4n) is 2.30. The van der Waals surface area contributed by atoms with Gasteiger partial charge in [0.1, 0.15) is 5.82 Å². The zero-order valence-electron chi connectivity index (χ0n) is 12.8. The predicted molar refractivity (Wildman–Crippen MR) is 96.7 cm³/mol. The van der Waals surface area contributed by atoms with E-state index in [1.165, 1.54) is 6.07 Å². The van der Waals surface area contributed by atoms with Crippen molar-refractivity contribution in [3.8, 4) is 11.5 Å². The summed E-state index contributed by atoms with van der Waals surface area (Å²) in [6, 6.07) is 12.6. The van der Waals surface area contributed by atoms with E-state index < -0.39 is 0 Å². The number of benzene rings is 2. The Morgan fingerprint density at radius 2 is 1.83 bits per heavy atom. The van der Waals surface area contributed by atoms with Crippen LogP contribution in [0.4, 0.5) is 4.39 Å². The van der Waals surface area contributed by atoms with E-state index in [0.717, 1.165) is 14.5 Å². The van der Waals surface area contributed by atoms with E-state index in [1.807, 2.05) is 36.2 Å². The summed E-state index contributed by atoms with van der Waals surface area (Å²) < 4.78 is 21.3. The molecule has 3 aromatic rings. The Labute approximate surface area is 156 Å². The number of halogens is 3. The van der Waals surface area contributed by atoms with E-state index in [4.69, 9.17) is 4.42 Å². The van der Waals surface area contributed by atoms with Crippen LogP contribution in [-0.2, 0) is 13.1 Å². The first kappa shape index (κ1) is 17.3. The average molecular weight is 455 g/mol. The summed E-state index contributed by atoms with van der Waals surface area (Å²) in [7, 11) is 1.88. The third kappa shape index (κ3) is 4.28. The summed E-state index contributed by atoms with van der Waals surface area (Å²) in [6.07, 6.45) is 0. The van der Waals surface area contributed by atoms with Crippen LogP contribution in [0, 0.1) is 5.82 Å². The third-order valence-electron chi connectivity index (χ3n) is 3.39. The van der Waals surface area contributed by atoms with Crippen molar-refractivity contribution in [3.05, 3.63) is 68.7 Å². The van der Waals surface area contributed by atoms with Gasteiger partial charge in [0.05, 0.1) is 6.54 Å². The van der Waals surface area contributed by atoms with Crippen LogP contribution in [0.2, 0.25) is 0 Å². The second kappa shape index (κ2) is 7.55. The molecule has 0 amide bonds. The van der Waals surface area contributed by atoms with Crippen molar-refractivity contribution in [2.24, 2.45) is 0 Å². The smallest absolute Gasteiger partial charge is 0.247 e. The first-order chi connectivity index (χ1) is 11.5. The average Bonchev–Trinajstić information content (AvgIpc) is 2.99. The number of nitrogens with zero attached hydrogens (tertiary/aromatic N) is 3. The molecule has 0 unspecified atom stereocenters. The van der Waals surface area contributed by atoms with Crippen molar-refractivity contribution in [1.29, 1.82) is 0 Å². The highest BCUT2D eigenvalue weighted by Crippen LogP contribution is 2.22. The standard InChI is InChI=1S/C17H14Br2FN3O/c1-23(9-12-8-14(19)5-6-15(12)20)10-16-21-22-17(24-16)11-3-2-4-13(18)7-11/h2-8H,9-10H2,1H3. The lowest BCUT2D eigenvalue weighted by Crippen LogP contribution is -2.18. The third-order valence-corrected chi connectivity index (χ3v) is 4.38. The molecule has 2 aromatic carbocycles. The van der Waals surface area contributed by atoms with Gasteiger partial charge >= 0.3 is 0 Å². The lowest BCUT2D eigenvalue weighted by atomic mass is 10.2. The maximum absolute atomic E-state index is 13.8. The van der Waals surface area contributed by atoms with Gasteiger partial charge in [0, 0.05) is 26.6 Å². The summed E-state index contributed by atoms with van der Waals surface area (Å²) in [4.78, 5) is 1.92. The Balaban J connectivity index is 1.69. The molecule has 124 valence electrons. The van der Waals surface area contributed by atoms with E-state index in [9.17, 15) is 4.39 Å². The lowest BCUT2D eigenvalue weighted by molar-refractivity contribution is 0.279. The molecule has 0 aliphatic carbocycles. The van der Waals surface area contributed by atoms with Crippen LogP contribution < -0.4 is 0 Å². The van der Waals surface area contributed by atoms with E-state index in [1.54, 1.807) is 12.1 Å². The maximum Gasteiger partial charge on any atom is 0.247 e. The molecule has 0 radical (unpaired) electrons. The molecule has 3 rings (SSSR count). The quantitative estimate of drug-likeness (QED) is 0.542. The predicted octanol–water partition coefficient (Wildman–Crippen LogP) is 5.03. The highest BCUT2D eigenvalue weighted by Gasteiger charge is 2.12. The summed E-state index contributed by atoms with van der Waals surface area (Å²) in [5, 5.41) is 8.14. The maximum atomic E-state index is 13.8. The summed E-state index contributed by atoms with van der Waals surface area (Å²) in [5.41, 5.74) is 1.46. The molecule has 24 heavy (non-hydrogen) atoms. The molecule has 0 atom stereocenters. The fraction of sp³-hybridized carbons (Fsp3) is 0.176. The molecule has 0 bridgehead atoms. The largest absolute Gasteiger partial charge is 0.419 e. The van der Waals surface area contributed by atoms with Crippen molar-refractivity contribution in [3.63, 3.8) is 0 Å². The second-order valence-electron chi connectivity index (χ2n) is 5.42. The van der Waals surface area contributed by atoms with Crippen LogP contribution in [0.5, 0.6) is 0 Å². The minimum atomic E-state index is -0.231. The molecule has 7 heteroatoms. The molecule has 0 N–H and O–H groups in total. The number of hydrogen-bond donors (Lipinski definition) is 0. The van der Waals surface area contributed by atoms with Crippen LogP contribution >= 0.6 is 31.9 Å². The molecular weight excluding hydrogens is 441 g/mol. The zero-order chi connectivity index (χ0) is 17.1. The van der Waals surface area contributed by atoms with Gasteiger partial charge in [-0.25, -0.2) is 4.39 Å². The Hall–Kier alpha value is -1.57. The first-order valence-electron chi connectivity index (χ1n) is 7.22. The van der Waals surface area contributed by atoms with Crippen LogP contribution in [0.3, 0.4) is 0 Å². The zero-order valence-corrected chi connectivity index (χ0v) is 16.0. The minimum Gasteiger partial charge on any atom is -0.419 e. The van der Waals surface area contributed by atoms with Crippen LogP contribution in [0.1, 0.15) is 11.5 Å². The minimum absolute atomic E-state index is 0.231. The second-order valence-corrected chi connectivity index (χ2v) is 7.25. The summed E-state index contributed by atoms with van der Waals surface area (Å²) in [6.45, 7) is 0.882. The summed E-state index contributed by atoms with van der Waals surface area (Å²) >= 11 is 6.78. The van der Waals surface area contributed by atoms with Crippen molar-refractivity contribution in [1.82, 2.24) is 15.1 Å². The summed E-state index contributed by atoms with van der Waals surface area (Å²) in [5.74, 6) is 0.724. The topological polar surface area (TPSA) is 42.2 Å². The molecule has 1 heterocycles. The van der Waals surface area contributed by atoms with Crippen LogP contribution in [-0.4, -0.2) is 22.1 Å². The molecule has 0 saturated heterocycles. The molecule has 4 nitrogen and oxygen atoms in total. The van der Waals surface area contributed by atoms with Crippen molar-refractivity contribution in [2.45, 2.75) is 13.1 Å². The molecule has 0 aliphatic heterocycles. The van der Waals surface area contributed by atoms with Crippen LogP contribution in [0.25, 0.3) is 11.5 Å². The number of rotatable bonds is 5. The SMILES string of the molecule is CN(Cc1nnc(-c2cccc(Br)c2)o1)Cc1cc(Br)ccc1F. The van der Waals surface area contributed by atoms with E-state index in [0.29, 0.717) is 30.4 Å². The van der Waals surface area contributed by atoms with E-state index in [-0.39, 0.29) is 5.82 Å². The highest BCUT2D eigenvalue weighted by molar-refractivity contribution is 9.10. The molecular formula is C17H14Br2FN3O. The molecule has 0 saturated carbocycles. The fourth-order valence-corrected chi connectivity index (χ4v) is 3.11. The Morgan fingerprint density at radius 3 is 2.62 bits per heavy atom. The number of aromatic nitrogens is 2. The van der Waals surface area contributed by atoms with Gasteiger partial charge in [0.25, 0.3) is 0 Å². The Morgan fingerprint density at radius 1 is 1.04 bits per heavy atom. The first-order valence-corrected chi connectivity index (χ1v) is 8.80. The highest BCUT2D eigenvalue weighted by atomic mass is 79.9. The van der Waals surface area contributed by atoms with Crippen molar-refractivity contribution < 1.29 is 8.81 Å². The Bertz CT molecular complexity index is 853. The molecule has 0 spiro atoms. The lowest BCUT2D eigenvalue weighted by Gasteiger charge is -2.15. The molecule has 0 fully saturated rings. The van der Waals surface area contributed by atoms with Crippen LogP contribution in [0.15, 0.2) is 55.8 Å². The van der Waals surface area contributed by atoms with Gasteiger partial charge < -0.3 is 4.42 Å². The monoisotopic (exact) mass is 453 g/mol. The molecule has 1 aromatic heterocycles. The van der Waals surface area contributed by atoms with Gasteiger partial charge in [-0.15, -0.1) is 10.2 Å². The van der Waals surface area contributed by atoms with Crippen molar-refractivity contribution in [2.75, 3.05) is 7.05 Å². The van der Waals surface area contributed by atoms with Gasteiger partial charge in [-0.1, -0.05) is 37.9 Å². The van der Waals surface area contributed by atoms with Gasteiger partial charge in [-0.2, -0.15) is 0 Å². The van der Waals surface area contributed by atoms with E-state index in [2.05, 4.69) is 42.1 Å². The van der Waals surface area contributed by atoms with Gasteiger partial charge in [0.15, 0.2) is 0 Å². The van der Waals surface area contributed by atoms with Gasteiger partial charge in [0.2, 0.25) is 11.8 Å². The van der Waals surface area contributed by atoms with Gasteiger partial charge in [-0.05, 0) is 43.4 Å². The normalized spacial score (nSPS) is 11.2.